The molecular formula is C25H39N5O3. The zero-order valence-electron chi connectivity index (χ0n) is 20.1. The van der Waals surface area contributed by atoms with Gasteiger partial charge in [-0.15, -0.1) is 0 Å². The van der Waals surface area contributed by atoms with Crippen LogP contribution in [-0.2, 0) is 9.59 Å². The summed E-state index contributed by atoms with van der Waals surface area (Å²) < 4.78 is 0. The zero-order chi connectivity index (χ0) is 23.6. The van der Waals surface area contributed by atoms with E-state index in [0.717, 1.165) is 43.7 Å². The lowest BCUT2D eigenvalue weighted by molar-refractivity contribution is -0.134. The number of hydrogen-bond acceptors (Lipinski definition) is 4. The number of rotatable bonds is 8. The molecule has 1 aromatic rings. The van der Waals surface area contributed by atoms with Crippen LogP contribution in [0.25, 0.3) is 0 Å². The lowest BCUT2D eigenvalue weighted by Crippen LogP contribution is -2.53. The second-order valence-electron chi connectivity index (χ2n) is 9.02. The lowest BCUT2D eigenvalue weighted by atomic mass is 9.96. The molecule has 1 heterocycles. The number of anilines is 2. The molecule has 3 rings (SSSR count). The Hall–Kier alpha value is -2.77. The molecule has 0 unspecified atom stereocenters. The van der Waals surface area contributed by atoms with Gasteiger partial charge in [-0.2, -0.15) is 0 Å². The second-order valence-corrected chi connectivity index (χ2v) is 9.02. The van der Waals surface area contributed by atoms with Gasteiger partial charge in [-0.05, 0) is 43.5 Å². The molecule has 2 aliphatic rings. The van der Waals surface area contributed by atoms with Gasteiger partial charge in [-0.25, -0.2) is 4.79 Å². The molecule has 0 radical (unpaired) electrons. The van der Waals surface area contributed by atoms with Crippen molar-refractivity contribution in [2.24, 2.45) is 0 Å². The molecule has 33 heavy (non-hydrogen) atoms. The predicted octanol–water partition coefficient (Wildman–Crippen LogP) is 3.44. The van der Waals surface area contributed by atoms with Crippen LogP contribution in [0, 0.1) is 0 Å². The number of hydrogen-bond donors (Lipinski definition) is 2. The van der Waals surface area contributed by atoms with Gasteiger partial charge in [-0.3, -0.25) is 9.59 Å². The molecule has 0 aromatic heterocycles. The molecule has 8 nitrogen and oxygen atoms in total. The molecule has 2 fully saturated rings. The summed E-state index contributed by atoms with van der Waals surface area (Å²) in [5.74, 6) is -0.190. The number of nitrogens with one attached hydrogen (secondary N) is 2. The van der Waals surface area contributed by atoms with Crippen LogP contribution in [0.3, 0.4) is 0 Å². The molecule has 182 valence electrons. The minimum absolute atomic E-state index is 0.00564. The highest BCUT2D eigenvalue weighted by Crippen LogP contribution is 2.21. The van der Waals surface area contributed by atoms with Crippen LogP contribution in [0.2, 0.25) is 0 Å². The van der Waals surface area contributed by atoms with Crippen molar-refractivity contribution in [3.8, 4) is 0 Å². The highest BCUT2D eigenvalue weighted by atomic mass is 16.2. The van der Waals surface area contributed by atoms with E-state index in [9.17, 15) is 14.4 Å². The predicted molar refractivity (Wildman–Crippen MR) is 131 cm³/mol. The molecule has 1 saturated heterocycles. The first-order chi connectivity index (χ1) is 16.0. The third-order valence-electron chi connectivity index (χ3n) is 6.50. The number of amides is 4. The van der Waals surface area contributed by atoms with E-state index in [1.54, 1.807) is 4.90 Å². The van der Waals surface area contributed by atoms with Crippen molar-refractivity contribution in [3.63, 3.8) is 0 Å². The van der Waals surface area contributed by atoms with Crippen LogP contribution in [0.4, 0.5) is 16.2 Å². The number of nitrogens with zero attached hydrogens (tertiary/aromatic N) is 3. The lowest BCUT2D eigenvalue weighted by Gasteiger charge is -2.37. The largest absolute Gasteiger partial charge is 0.368 e. The first-order valence-corrected chi connectivity index (χ1v) is 12.5. The van der Waals surface area contributed by atoms with Crippen LogP contribution in [0.15, 0.2) is 24.3 Å². The second kappa shape index (κ2) is 12.5. The molecule has 1 aliphatic heterocycles. The molecule has 1 aromatic carbocycles. The first kappa shape index (κ1) is 24.9. The summed E-state index contributed by atoms with van der Waals surface area (Å²) in [6.07, 6.45) is 7.12. The van der Waals surface area contributed by atoms with Gasteiger partial charge in [0.2, 0.25) is 11.8 Å². The number of piperazine rings is 1. The maximum absolute atomic E-state index is 12.6. The van der Waals surface area contributed by atoms with E-state index in [2.05, 4.69) is 15.5 Å². The van der Waals surface area contributed by atoms with Gasteiger partial charge >= 0.3 is 6.03 Å². The molecule has 4 amide bonds. The van der Waals surface area contributed by atoms with Crippen molar-refractivity contribution in [1.82, 2.24) is 15.1 Å². The number of carbonyl (C=O) groups excluding carboxylic acids is 3. The first-order valence-electron chi connectivity index (χ1n) is 12.5. The van der Waals surface area contributed by atoms with Gasteiger partial charge in [0.15, 0.2) is 0 Å². The third-order valence-corrected chi connectivity index (χ3v) is 6.50. The minimum Gasteiger partial charge on any atom is -0.368 e. The fraction of sp³-hybridized carbons (Fsp3) is 0.640. The Kier molecular flexibility index (Phi) is 9.39. The standard InChI is InChI=1S/C25H39N5O3/c1-3-14-30(24(32)4-2)19-23(31)26-21-10-12-22(13-11-21)28-15-17-29(18-16-28)25(33)27-20-8-6-5-7-9-20/h10-13,20H,3-9,14-19H2,1-2H3,(H,26,31)(H,27,33). The van der Waals surface area contributed by atoms with Gasteiger partial charge in [0.1, 0.15) is 0 Å². The summed E-state index contributed by atoms with van der Waals surface area (Å²) in [5.41, 5.74) is 1.80. The molecule has 0 spiro atoms. The molecule has 8 heteroatoms. The van der Waals surface area contributed by atoms with Crippen molar-refractivity contribution in [2.45, 2.75) is 64.8 Å². The summed E-state index contributed by atoms with van der Waals surface area (Å²) in [5, 5.41) is 6.09. The number of carbonyl (C=O) groups is 3. The Balaban J connectivity index is 1.45. The highest BCUT2D eigenvalue weighted by Gasteiger charge is 2.24. The smallest absolute Gasteiger partial charge is 0.317 e. The normalized spacial score (nSPS) is 16.9. The van der Waals surface area contributed by atoms with Crippen molar-refractivity contribution >= 4 is 29.2 Å². The monoisotopic (exact) mass is 457 g/mol. The van der Waals surface area contributed by atoms with Gasteiger partial charge in [0, 0.05) is 56.6 Å². The maximum Gasteiger partial charge on any atom is 0.317 e. The van der Waals surface area contributed by atoms with Crippen molar-refractivity contribution < 1.29 is 14.4 Å². The van der Waals surface area contributed by atoms with E-state index in [-0.39, 0.29) is 24.4 Å². The van der Waals surface area contributed by atoms with E-state index in [1.165, 1.54) is 19.3 Å². The molecule has 2 N–H and O–H groups in total. The fourth-order valence-corrected chi connectivity index (χ4v) is 4.60. The molecule has 1 saturated carbocycles. The van der Waals surface area contributed by atoms with Crippen LogP contribution >= 0.6 is 0 Å². The average molecular weight is 458 g/mol. The van der Waals surface area contributed by atoms with Crippen LogP contribution in [0.1, 0.15) is 58.8 Å². The molecular weight excluding hydrogens is 418 g/mol. The molecule has 1 aliphatic carbocycles. The van der Waals surface area contributed by atoms with Crippen molar-refractivity contribution in [2.75, 3.05) is 49.5 Å². The SMILES string of the molecule is CCCN(CC(=O)Nc1ccc(N2CCN(C(=O)NC3CCCCC3)CC2)cc1)C(=O)CC. The summed E-state index contributed by atoms with van der Waals surface area (Å²) >= 11 is 0. The highest BCUT2D eigenvalue weighted by molar-refractivity contribution is 5.94. The van der Waals surface area contributed by atoms with Crippen LogP contribution < -0.4 is 15.5 Å². The van der Waals surface area contributed by atoms with E-state index in [1.807, 2.05) is 43.0 Å². The zero-order valence-corrected chi connectivity index (χ0v) is 20.1. The van der Waals surface area contributed by atoms with E-state index < -0.39 is 0 Å². The van der Waals surface area contributed by atoms with Gasteiger partial charge < -0.3 is 25.3 Å². The van der Waals surface area contributed by atoms with Gasteiger partial charge in [-0.1, -0.05) is 33.1 Å². The van der Waals surface area contributed by atoms with Gasteiger partial charge in [0.05, 0.1) is 6.54 Å². The summed E-state index contributed by atoms with van der Waals surface area (Å²) in [7, 11) is 0. The summed E-state index contributed by atoms with van der Waals surface area (Å²) in [6.45, 7) is 7.45. The maximum atomic E-state index is 12.6. The van der Waals surface area contributed by atoms with Gasteiger partial charge in [0.25, 0.3) is 0 Å². The summed E-state index contributed by atoms with van der Waals surface area (Å²) in [6, 6.07) is 8.17. The third kappa shape index (κ3) is 7.37. The van der Waals surface area contributed by atoms with E-state index in [4.69, 9.17) is 0 Å². The minimum atomic E-state index is -0.185. The Labute approximate surface area is 197 Å². The Morgan fingerprint density at radius 2 is 1.64 bits per heavy atom. The van der Waals surface area contributed by atoms with Crippen molar-refractivity contribution in [1.29, 1.82) is 0 Å². The molecule has 0 bridgehead atoms. The topological polar surface area (TPSA) is 85.0 Å². The Morgan fingerprint density at radius 1 is 0.970 bits per heavy atom. The Morgan fingerprint density at radius 3 is 2.24 bits per heavy atom. The van der Waals surface area contributed by atoms with Crippen LogP contribution in [0.5, 0.6) is 0 Å². The van der Waals surface area contributed by atoms with E-state index in [0.29, 0.717) is 32.1 Å². The Bertz CT molecular complexity index is 784. The summed E-state index contributed by atoms with van der Waals surface area (Å²) in [4.78, 5) is 42.7. The van der Waals surface area contributed by atoms with Crippen molar-refractivity contribution in [3.05, 3.63) is 24.3 Å². The fourth-order valence-electron chi connectivity index (χ4n) is 4.60. The molecule has 0 atom stereocenters. The number of benzene rings is 1. The number of urea groups is 1. The van der Waals surface area contributed by atoms with Crippen LogP contribution in [-0.4, -0.2) is 73.0 Å². The quantitative estimate of drug-likeness (QED) is 0.626. The van der Waals surface area contributed by atoms with E-state index >= 15 is 0 Å². The average Bonchev–Trinajstić information content (AvgIpc) is 2.84.